The lowest BCUT2D eigenvalue weighted by molar-refractivity contribution is 0.0938. The summed E-state index contributed by atoms with van der Waals surface area (Å²) in [4.78, 5) is 28.0. The van der Waals surface area contributed by atoms with Gasteiger partial charge in [-0.25, -0.2) is 4.57 Å². The van der Waals surface area contributed by atoms with E-state index < -0.39 is 0 Å². The summed E-state index contributed by atoms with van der Waals surface area (Å²) >= 11 is 6.07. The fourth-order valence-corrected chi connectivity index (χ4v) is 2.57. The number of fused-ring (bicyclic) bond motifs is 1. The second-order valence-corrected chi connectivity index (χ2v) is 5.08. The zero-order chi connectivity index (χ0) is 15.0. The van der Waals surface area contributed by atoms with Crippen molar-refractivity contribution in [2.24, 2.45) is 0 Å². The first-order valence-electron chi connectivity index (χ1n) is 6.34. The second-order valence-electron chi connectivity index (χ2n) is 4.65. The van der Waals surface area contributed by atoms with E-state index >= 15 is 0 Å². The molecule has 0 fully saturated rings. The zero-order valence-electron chi connectivity index (χ0n) is 11.2. The molecule has 0 atom stereocenters. The molecule has 4 nitrogen and oxygen atoms in total. The number of carbonyl (C=O) groups excluding carboxylic acids is 1. The highest BCUT2D eigenvalue weighted by molar-refractivity contribution is 6.31. The quantitative estimate of drug-likeness (QED) is 0.692. The lowest BCUT2D eigenvalue weighted by atomic mass is 10.0. The van der Waals surface area contributed by atoms with Crippen LogP contribution < -0.4 is 5.56 Å². The van der Waals surface area contributed by atoms with Crippen molar-refractivity contribution in [3.63, 3.8) is 0 Å². The minimum Gasteiger partial charge on any atom is -0.274 e. The Bertz CT molecular complexity index is 901. The van der Waals surface area contributed by atoms with Crippen LogP contribution in [0.25, 0.3) is 22.0 Å². The number of rotatable bonds is 1. The summed E-state index contributed by atoms with van der Waals surface area (Å²) in [7, 11) is 0. The molecular formula is C16H11ClN2O2. The highest BCUT2D eigenvalue weighted by atomic mass is 35.5. The van der Waals surface area contributed by atoms with E-state index in [1.807, 2.05) is 12.1 Å². The van der Waals surface area contributed by atoms with Gasteiger partial charge in [0.15, 0.2) is 0 Å². The number of nitrogens with zero attached hydrogens (tertiary/aromatic N) is 2. The number of hydrogen-bond acceptors (Lipinski definition) is 3. The smallest absolute Gasteiger partial charge is 0.258 e. The van der Waals surface area contributed by atoms with E-state index in [9.17, 15) is 9.59 Å². The molecule has 2 heterocycles. The Labute approximate surface area is 125 Å². The van der Waals surface area contributed by atoms with Crippen molar-refractivity contribution in [3.05, 3.63) is 64.2 Å². The summed E-state index contributed by atoms with van der Waals surface area (Å²) in [5.74, 6) is -0.325. The minimum atomic E-state index is -0.357. The van der Waals surface area contributed by atoms with Crippen molar-refractivity contribution in [1.82, 2.24) is 9.55 Å². The zero-order valence-corrected chi connectivity index (χ0v) is 12.0. The van der Waals surface area contributed by atoms with E-state index in [2.05, 4.69) is 4.98 Å². The Balaban J connectivity index is 2.47. The Hall–Kier alpha value is -2.46. The highest BCUT2D eigenvalue weighted by Gasteiger charge is 2.13. The number of aromatic nitrogens is 2. The maximum atomic E-state index is 12.2. The first-order chi connectivity index (χ1) is 10.1. The average Bonchev–Trinajstić information content (AvgIpc) is 2.47. The van der Waals surface area contributed by atoms with Gasteiger partial charge in [-0.3, -0.25) is 14.6 Å². The van der Waals surface area contributed by atoms with Crippen molar-refractivity contribution >= 4 is 28.4 Å². The van der Waals surface area contributed by atoms with Crippen LogP contribution in [0.3, 0.4) is 0 Å². The van der Waals surface area contributed by atoms with Crippen LogP contribution >= 0.6 is 11.6 Å². The summed E-state index contributed by atoms with van der Waals surface area (Å²) in [6, 6.07) is 10.2. The van der Waals surface area contributed by atoms with Crippen molar-refractivity contribution in [2.75, 3.05) is 0 Å². The molecular weight excluding hydrogens is 288 g/mol. The molecule has 0 aliphatic rings. The molecule has 3 rings (SSSR count). The van der Waals surface area contributed by atoms with Crippen LogP contribution in [0.15, 0.2) is 53.6 Å². The average molecular weight is 299 g/mol. The molecule has 0 bridgehead atoms. The van der Waals surface area contributed by atoms with Crippen LogP contribution in [0.4, 0.5) is 0 Å². The molecule has 0 radical (unpaired) electrons. The fraction of sp³-hybridized carbons (Fsp3) is 0.0625. The number of benzene rings is 1. The topological polar surface area (TPSA) is 52.0 Å². The Morgan fingerprint density at radius 1 is 1.14 bits per heavy atom. The third-order valence-corrected chi connectivity index (χ3v) is 3.52. The van der Waals surface area contributed by atoms with Crippen molar-refractivity contribution < 1.29 is 4.79 Å². The van der Waals surface area contributed by atoms with Crippen LogP contribution in [0, 0.1) is 0 Å². The van der Waals surface area contributed by atoms with Crippen LogP contribution in [0.2, 0.25) is 5.02 Å². The SMILES string of the molecule is CC(=O)n1c(=O)cc(-c2ccncc2)c2cc(Cl)ccc21. The fourth-order valence-electron chi connectivity index (χ4n) is 2.40. The molecule has 0 saturated carbocycles. The van der Waals surface area contributed by atoms with Crippen molar-refractivity contribution in [2.45, 2.75) is 6.92 Å². The van der Waals surface area contributed by atoms with Gasteiger partial charge in [-0.05, 0) is 41.5 Å². The molecule has 0 aliphatic heterocycles. The third kappa shape index (κ3) is 2.34. The Morgan fingerprint density at radius 2 is 1.86 bits per heavy atom. The maximum Gasteiger partial charge on any atom is 0.258 e. The first kappa shape index (κ1) is 13.5. The van der Waals surface area contributed by atoms with Gasteiger partial charge < -0.3 is 0 Å². The van der Waals surface area contributed by atoms with E-state index in [4.69, 9.17) is 11.6 Å². The lowest BCUT2D eigenvalue weighted by Gasteiger charge is -2.11. The van der Waals surface area contributed by atoms with Gasteiger partial charge in [0.05, 0.1) is 5.52 Å². The molecule has 0 unspecified atom stereocenters. The molecule has 5 heteroatoms. The monoisotopic (exact) mass is 298 g/mol. The van der Waals surface area contributed by atoms with Gasteiger partial charge in [0, 0.05) is 35.8 Å². The van der Waals surface area contributed by atoms with E-state index in [1.54, 1.807) is 30.6 Å². The molecule has 0 amide bonds. The maximum absolute atomic E-state index is 12.2. The predicted octanol–water partition coefficient (Wildman–Crippen LogP) is 3.38. The van der Waals surface area contributed by atoms with E-state index in [-0.39, 0.29) is 11.5 Å². The molecule has 21 heavy (non-hydrogen) atoms. The van der Waals surface area contributed by atoms with Crippen LogP contribution in [-0.4, -0.2) is 15.5 Å². The molecule has 104 valence electrons. The van der Waals surface area contributed by atoms with Gasteiger partial charge in [-0.1, -0.05) is 11.6 Å². The summed E-state index contributed by atoms with van der Waals surface area (Å²) in [6.45, 7) is 1.36. The predicted molar refractivity (Wildman–Crippen MR) is 82.7 cm³/mol. The largest absolute Gasteiger partial charge is 0.274 e. The summed E-state index contributed by atoms with van der Waals surface area (Å²) in [5, 5.41) is 1.30. The van der Waals surface area contributed by atoms with Crippen LogP contribution in [0.5, 0.6) is 0 Å². The van der Waals surface area contributed by atoms with Crippen LogP contribution in [0.1, 0.15) is 11.7 Å². The van der Waals surface area contributed by atoms with E-state index in [0.29, 0.717) is 10.5 Å². The number of carbonyl (C=O) groups is 1. The Morgan fingerprint density at radius 3 is 2.52 bits per heavy atom. The number of halogens is 1. The highest BCUT2D eigenvalue weighted by Crippen LogP contribution is 2.28. The lowest BCUT2D eigenvalue weighted by Crippen LogP contribution is -2.24. The standard InChI is InChI=1S/C16H11ClN2O2/c1-10(20)19-15-3-2-12(17)8-14(15)13(9-16(19)21)11-4-6-18-7-5-11/h2-9H,1H3. The molecule has 0 saturated heterocycles. The van der Waals surface area contributed by atoms with Crippen molar-refractivity contribution in [3.8, 4) is 11.1 Å². The van der Waals surface area contributed by atoms with E-state index in [1.165, 1.54) is 13.0 Å². The third-order valence-electron chi connectivity index (χ3n) is 3.28. The molecule has 0 aliphatic carbocycles. The van der Waals surface area contributed by atoms with Gasteiger partial charge in [-0.2, -0.15) is 0 Å². The van der Waals surface area contributed by atoms with Gasteiger partial charge in [-0.15, -0.1) is 0 Å². The number of pyridine rings is 2. The minimum absolute atomic E-state index is 0.325. The Kier molecular flexibility index (Phi) is 3.31. The summed E-state index contributed by atoms with van der Waals surface area (Å²) in [5.41, 5.74) is 1.78. The van der Waals surface area contributed by atoms with Gasteiger partial charge in [0.25, 0.3) is 5.56 Å². The van der Waals surface area contributed by atoms with Gasteiger partial charge in [0.1, 0.15) is 0 Å². The van der Waals surface area contributed by atoms with Crippen molar-refractivity contribution in [1.29, 1.82) is 0 Å². The molecule has 0 spiro atoms. The van der Waals surface area contributed by atoms with Gasteiger partial charge in [0.2, 0.25) is 5.91 Å². The summed E-state index contributed by atoms with van der Waals surface area (Å²) < 4.78 is 1.15. The first-order valence-corrected chi connectivity index (χ1v) is 6.72. The normalized spacial score (nSPS) is 10.8. The van der Waals surface area contributed by atoms with E-state index in [0.717, 1.165) is 21.1 Å². The van der Waals surface area contributed by atoms with Gasteiger partial charge >= 0.3 is 0 Å². The van der Waals surface area contributed by atoms with Crippen LogP contribution in [-0.2, 0) is 0 Å². The molecule has 3 aromatic rings. The number of hydrogen-bond donors (Lipinski definition) is 0. The molecule has 0 N–H and O–H groups in total. The molecule has 2 aromatic heterocycles. The second kappa shape index (κ2) is 5.14. The summed E-state index contributed by atoms with van der Waals surface area (Å²) in [6.07, 6.45) is 3.31. The molecule has 1 aromatic carbocycles.